The van der Waals surface area contributed by atoms with Crippen LogP contribution in [0.15, 0.2) is 53.2 Å². The van der Waals surface area contributed by atoms with Crippen LogP contribution in [-0.4, -0.2) is 0 Å². The number of hydrogen-bond acceptors (Lipinski definition) is 0. The summed E-state index contributed by atoms with van der Waals surface area (Å²) in [6.07, 6.45) is 28.7. The normalized spacial score (nSPS) is 16.8. The summed E-state index contributed by atoms with van der Waals surface area (Å²) in [4.78, 5) is 0. The van der Waals surface area contributed by atoms with Gasteiger partial charge in [-0.25, -0.2) is 36.5 Å². The van der Waals surface area contributed by atoms with Crippen LogP contribution >= 0.6 is 0 Å². The molecule has 0 unspecified atom stereocenters. The second-order valence-electron chi connectivity index (χ2n) is 5.12. The first-order chi connectivity index (χ1) is 10.3. The van der Waals surface area contributed by atoms with Crippen LogP contribution in [0.25, 0.3) is 0 Å². The fraction of sp³-hybridized carbons (Fsp3) is 0.429. The number of hydrogen-bond donors (Lipinski definition) is 0. The summed E-state index contributed by atoms with van der Waals surface area (Å²) in [6, 6.07) is 0. The van der Waals surface area contributed by atoms with E-state index in [-0.39, 0.29) is 41.7 Å². The van der Waals surface area contributed by atoms with Gasteiger partial charge in [0.2, 0.25) is 0 Å². The Balaban J connectivity index is 0.000000294. The smallest absolute Gasteiger partial charge is 0.253 e. The molecule has 0 saturated carbocycles. The summed E-state index contributed by atoms with van der Waals surface area (Å²) in [7, 11) is 0. The molecular weight excluding hydrogens is 392 g/mol. The summed E-state index contributed by atoms with van der Waals surface area (Å²) in [5, 5.41) is 0. The van der Waals surface area contributed by atoms with Gasteiger partial charge in [-0.3, -0.25) is 18.2 Å². The van der Waals surface area contributed by atoms with Gasteiger partial charge in [-0.05, 0) is 0 Å². The maximum Gasteiger partial charge on any atom is 3.00 e. The monoisotopic (exact) mass is 419 g/mol. The molecule has 0 aromatic carbocycles. The maximum atomic E-state index is 3.14. The molecule has 1 radical (unpaired) electrons. The molecular formula is C21H27Ce. The van der Waals surface area contributed by atoms with Gasteiger partial charge in [-0.1, -0.05) is 59.3 Å². The van der Waals surface area contributed by atoms with Crippen molar-refractivity contribution in [1.82, 2.24) is 0 Å². The van der Waals surface area contributed by atoms with E-state index in [1.807, 2.05) is 18.2 Å². The van der Waals surface area contributed by atoms with E-state index in [1.54, 1.807) is 0 Å². The summed E-state index contributed by atoms with van der Waals surface area (Å²) in [6.45, 7) is 6.49. The minimum Gasteiger partial charge on any atom is -0.253 e. The standard InChI is InChI=1S/3C7H9.Ce/c3*1-2-7-5-3-4-6-7;/h3*3-4H,2,5H2,1H3;/q3*-1;+3. The van der Waals surface area contributed by atoms with Crippen LogP contribution in [0.3, 0.4) is 0 Å². The molecule has 0 nitrogen and oxygen atoms in total. The summed E-state index contributed by atoms with van der Waals surface area (Å²) in [5.74, 6) is 0. The molecule has 0 saturated heterocycles. The quantitative estimate of drug-likeness (QED) is 0.474. The van der Waals surface area contributed by atoms with Gasteiger partial charge in [0, 0.05) is 0 Å². The van der Waals surface area contributed by atoms with Gasteiger partial charge in [-0.2, -0.15) is 16.7 Å². The van der Waals surface area contributed by atoms with Gasteiger partial charge in [0.1, 0.15) is 0 Å². The van der Waals surface area contributed by atoms with E-state index >= 15 is 0 Å². The topological polar surface area (TPSA) is 0 Å². The second-order valence-corrected chi connectivity index (χ2v) is 5.12. The molecule has 0 N–H and O–H groups in total. The first kappa shape index (κ1) is 21.8. The van der Waals surface area contributed by atoms with Gasteiger partial charge >= 0.3 is 41.7 Å². The molecule has 22 heavy (non-hydrogen) atoms. The molecule has 115 valence electrons. The second kappa shape index (κ2) is 14.4. The summed E-state index contributed by atoms with van der Waals surface area (Å²) in [5.41, 5.74) is 4.29. The minimum absolute atomic E-state index is 0. The van der Waals surface area contributed by atoms with Crippen LogP contribution in [0.4, 0.5) is 0 Å². The van der Waals surface area contributed by atoms with Crippen molar-refractivity contribution in [3.05, 3.63) is 71.4 Å². The Bertz CT molecular complexity index is 399. The summed E-state index contributed by atoms with van der Waals surface area (Å²) >= 11 is 0. The van der Waals surface area contributed by atoms with E-state index in [4.69, 9.17) is 0 Å². The maximum absolute atomic E-state index is 3.14. The molecule has 1 heteroatoms. The van der Waals surface area contributed by atoms with Crippen LogP contribution in [0, 0.1) is 60.0 Å². The van der Waals surface area contributed by atoms with E-state index in [2.05, 4.69) is 57.2 Å². The third-order valence-corrected chi connectivity index (χ3v) is 3.59. The van der Waals surface area contributed by atoms with Crippen molar-refractivity contribution in [2.75, 3.05) is 0 Å². The van der Waals surface area contributed by atoms with Crippen LogP contribution < -0.4 is 0 Å². The van der Waals surface area contributed by atoms with E-state index in [0.29, 0.717) is 0 Å². The van der Waals surface area contributed by atoms with Crippen LogP contribution in [0.5, 0.6) is 0 Å². The molecule has 0 spiro atoms. The zero-order valence-electron chi connectivity index (χ0n) is 14.2. The molecule has 3 aliphatic rings. The van der Waals surface area contributed by atoms with Crippen LogP contribution in [0.2, 0.25) is 0 Å². The first-order valence-electron chi connectivity index (χ1n) is 8.08. The fourth-order valence-electron chi connectivity index (χ4n) is 2.05. The molecule has 3 aliphatic carbocycles. The molecule has 0 amide bonds. The van der Waals surface area contributed by atoms with Crippen molar-refractivity contribution in [3.63, 3.8) is 0 Å². The Morgan fingerprint density at radius 3 is 1.00 bits per heavy atom. The average Bonchev–Trinajstić information content (AvgIpc) is 3.31. The van der Waals surface area contributed by atoms with Crippen molar-refractivity contribution in [1.29, 1.82) is 0 Å². The molecule has 0 aromatic rings. The van der Waals surface area contributed by atoms with Crippen molar-refractivity contribution in [3.8, 4) is 0 Å². The Hall–Kier alpha value is -0.183. The first-order valence-corrected chi connectivity index (χ1v) is 8.08. The van der Waals surface area contributed by atoms with Crippen molar-refractivity contribution < 1.29 is 41.7 Å². The SMILES string of the molecule is CCC1=[C-]C=CC1.CCC1=[C-]C=CC1.CCC1=[C-]C=CC1.[Ce+3]. The third-order valence-electron chi connectivity index (χ3n) is 3.59. The fourth-order valence-corrected chi connectivity index (χ4v) is 2.05. The van der Waals surface area contributed by atoms with Gasteiger partial charge < -0.3 is 0 Å². The van der Waals surface area contributed by atoms with Gasteiger partial charge in [0.25, 0.3) is 0 Å². The van der Waals surface area contributed by atoms with Crippen molar-refractivity contribution in [2.45, 2.75) is 59.3 Å². The zero-order valence-corrected chi connectivity index (χ0v) is 17.3. The Morgan fingerprint density at radius 1 is 0.636 bits per heavy atom. The predicted molar refractivity (Wildman–Crippen MR) is 92.4 cm³/mol. The van der Waals surface area contributed by atoms with Crippen LogP contribution in [0.1, 0.15) is 59.3 Å². The van der Waals surface area contributed by atoms with Crippen LogP contribution in [-0.2, 0) is 0 Å². The molecule has 0 atom stereocenters. The average molecular weight is 420 g/mol. The Labute approximate surface area is 171 Å². The van der Waals surface area contributed by atoms with Crippen molar-refractivity contribution in [2.24, 2.45) is 0 Å². The molecule has 0 aromatic heterocycles. The van der Waals surface area contributed by atoms with Gasteiger partial charge in [-0.15, -0.1) is 0 Å². The Kier molecular flexibility index (Phi) is 14.3. The molecule has 3 rings (SSSR count). The zero-order chi connectivity index (χ0) is 15.3. The van der Waals surface area contributed by atoms with E-state index < -0.39 is 0 Å². The number of rotatable bonds is 3. The molecule has 0 heterocycles. The third kappa shape index (κ3) is 9.76. The Morgan fingerprint density at radius 2 is 0.909 bits per heavy atom. The van der Waals surface area contributed by atoms with E-state index in [9.17, 15) is 0 Å². The van der Waals surface area contributed by atoms with Crippen molar-refractivity contribution >= 4 is 0 Å². The molecule has 0 fully saturated rings. The predicted octanol–water partition coefficient (Wildman–Crippen LogP) is 6.26. The van der Waals surface area contributed by atoms with Gasteiger partial charge in [0.05, 0.1) is 0 Å². The molecule has 0 bridgehead atoms. The summed E-state index contributed by atoms with van der Waals surface area (Å²) < 4.78 is 0. The van der Waals surface area contributed by atoms with Gasteiger partial charge in [0.15, 0.2) is 0 Å². The van der Waals surface area contributed by atoms with E-state index in [0.717, 1.165) is 38.5 Å². The largest absolute Gasteiger partial charge is 3.00 e. The number of allylic oxidation sites excluding steroid dienone is 12. The minimum atomic E-state index is 0. The van der Waals surface area contributed by atoms with E-state index in [1.165, 1.54) is 16.7 Å². The molecule has 0 aliphatic heterocycles.